The molecule has 0 aromatic carbocycles. The number of hydrogen-bond acceptors (Lipinski definition) is 11. The quantitative estimate of drug-likeness (QED) is 0.198. The summed E-state index contributed by atoms with van der Waals surface area (Å²) in [5.41, 5.74) is 6.75. The molecule has 2 aliphatic rings. The Hall–Kier alpha value is -1.05. The van der Waals surface area contributed by atoms with Crippen molar-refractivity contribution in [2.75, 3.05) is 24.7 Å². The molecule has 142 valence electrons. The molecule has 11 nitrogen and oxygen atoms in total. The van der Waals surface area contributed by atoms with Crippen LogP contribution in [0.25, 0.3) is 11.2 Å². The molecule has 2 aromatic heterocycles. The number of aliphatic hydroxyl groups excluding tert-OH is 2. The van der Waals surface area contributed by atoms with Crippen molar-refractivity contribution in [1.29, 1.82) is 0 Å². The van der Waals surface area contributed by atoms with Gasteiger partial charge in [-0.3, -0.25) is 0 Å². The van der Waals surface area contributed by atoms with Crippen LogP contribution < -0.4 is 5.73 Å². The van der Waals surface area contributed by atoms with Gasteiger partial charge in [-0.05, 0) is 0 Å². The minimum atomic E-state index is -3.26. The molecule has 0 radical (unpaired) electrons. The van der Waals surface area contributed by atoms with E-state index in [0.717, 1.165) is 0 Å². The van der Waals surface area contributed by atoms with Crippen LogP contribution in [0.1, 0.15) is 6.23 Å². The van der Waals surface area contributed by atoms with Gasteiger partial charge in [0.15, 0.2) is 0 Å². The average molecular weight is 403 g/mol. The first kappa shape index (κ1) is 18.3. The first-order valence-corrected chi connectivity index (χ1v) is 11.3. The Morgan fingerprint density at radius 2 is 2.27 bits per heavy atom. The van der Waals surface area contributed by atoms with E-state index in [1.54, 1.807) is 4.57 Å². The first-order valence-electron chi connectivity index (χ1n) is 8.01. The molecule has 26 heavy (non-hydrogen) atoms. The number of nitrogen functional groups attached to an aromatic ring is 1. The van der Waals surface area contributed by atoms with Crippen LogP contribution in [0.3, 0.4) is 0 Å². The molecule has 4 rings (SSSR count). The van der Waals surface area contributed by atoms with Crippen LogP contribution in [0.5, 0.6) is 0 Å². The summed E-state index contributed by atoms with van der Waals surface area (Å²) in [6, 6.07) is 0. The Morgan fingerprint density at radius 3 is 3.04 bits per heavy atom. The number of imidazole rings is 1. The molecule has 0 saturated carbocycles. The van der Waals surface area contributed by atoms with Crippen molar-refractivity contribution in [3.63, 3.8) is 0 Å². The zero-order valence-corrected chi connectivity index (χ0v) is 15.7. The van der Waals surface area contributed by atoms with E-state index in [0.29, 0.717) is 22.1 Å². The first-order chi connectivity index (χ1) is 12.4. The standard InChI is InChI=1S/C12H19BN5O6PS/c13-25(21)22-3-5-8(24-25)7(20)11(23-5)18-4-15-6-9(14)16-12(17-10(6)18)26-2-1-19/h4-5,7-8,11,19-21,25H,1-3,13H2,(H2,14,16,17)/t5-,7?,8+,11-/m1/s1. The van der Waals surface area contributed by atoms with Crippen LogP contribution in [0.4, 0.5) is 5.82 Å². The number of hydrogen-bond donors (Lipinski definition) is 4. The third-order valence-corrected chi connectivity index (χ3v) is 6.44. The summed E-state index contributed by atoms with van der Waals surface area (Å²) in [6.45, 7) is 0.124. The number of ether oxygens (including phenoxy) is 1. The van der Waals surface area contributed by atoms with E-state index in [4.69, 9.17) is 24.6 Å². The molecule has 4 heterocycles. The Balaban J connectivity index is 1.67. The van der Waals surface area contributed by atoms with Gasteiger partial charge in [0.25, 0.3) is 0 Å². The topological polar surface area (TPSA) is 158 Å². The van der Waals surface area contributed by atoms with E-state index in [2.05, 4.69) is 15.0 Å². The van der Waals surface area contributed by atoms with Crippen LogP contribution in [0.15, 0.2) is 11.5 Å². The van der Waals surface area contributed by atoms with Gasteiger partial charge in [0.2, 0.25) is 0 Å². The minimum absolute atomic E-state index is 0.0137. The van der Waals surface area contributed by atoms with Gasteiger partial charge in [-0.2, -0.15) is 0 Å². The molecular formula is C12H19BN5O6PS. The van der Waals surface area contributed by atoms with Crippen molar-refractivity contribution < 1.29 is 28.9 Å². The third kappa shape index (κ3) is 3.18. The van der Waals surface area contributed by atoms with Crippen LogP contribution in [-0.4, -0.2) is 79.5 Å². The fourth-order valence-corrected chi connectivity index (χ4v) is 4.98. The molecule has 14 heteroatoms. The Morgan fingerprint density at radius 1 is 1.46 bits per heavy atom. The summed E-state index contributed by atoms with van der Waals surface area (Å²) in [5.74, 6) is 0.630. The maximum absolute atomic E-state index is 10.7. The monoisotopic (exact) mass is 403 g/mol. The number of anilines is 1. The molecule has 2 aliphatic heterocycles. The van der Waals surface area contributed by atoms with Gasteiger partial charge in [-0.1, -0.05) is 0 Å². The van der Waals surface area contributed by atoms with E-state index in [9.17, 15) is 10.00 Å². The van der Waals surface area contributed by atoms with Gasteiger partial charge in [0.05, 0.1) is 0 Å². The van der Waals surface area contributed by atoms with Gasteiger partial charge in [-0.25, -0.2) is 0 Å². The number of thioether (sulfide) groups is 1. The van der Waals surface area contributed by atoms with Gasteiger partial charge in [-0.15, -0.1) is 0 Å². The van der Waals surface area contributed by atoms with E-state index in [-0.39, 0.29) is 19.0 Å². The number of nitrogens with zero attached hydrogens (tertiary/aromatic N) is 4. The van der Waals surface area contributed by atoms with Gasteiger partial charge in [0.1, 0.15) is 0 Å². The predicted octanol–water partition coefficient (Wildman–Crippen LogP) is -1.80. The number of aliphatic hydroxyl groups is 2. The van der Waals surface area contributed by atoms with Gasteiger partial charge < -0.3 is 0 Å². The summed E-state index contributed by atoms with van der Waals surface area (Å²) in [6.07, 6.45) is -1.59. The van der Waals surface area contributed by atoms with Crippen LogP contribution in [0, 0.1) is 0 Å². The molecule has 0 aliphatic carbocycles. The number of rotatable bonds is 4. The SMILES string of the molecule is B[PH]1(O)OC[C@H]2O[C@@H](n3cnc4c(N)nc(SCCO)nc43)C(O)[C@H]2O1. The molecule has 0 bridgehead atoms. The third-order valence-electron chi connectivity index (χ3n) is 4.20. The number of fused-ring (bicyclic) bond motifs is 2. The van der Waals surface area contributed by atoms with Crippen molar-refractivity contribution in [3.05, 3.63) is 6.33 Å². The summed E-state index contributed by atoms with van der Waals surface area (Å²) in [7, 11) is -1.76. The van der Waals surface area contributed by atoms with Crippen LogP contribution >= 0.6 is 19.6 Å². The van der Waals surface area contributed by atoms with Gasteiger partial charge >= 0.3 is 153 Å². The van der Waals surface area contributed by atoms with E-state index in [1.807, 2.05) is 0 Å². The molecule has 2 aromatic rings. The molecular weight excluding hydrogens is 384 g/mol. The van der Waals surface area contributed by atoms with Crippen molar-refractivity contribution in [2.45, 2.75) is 29.7 Å². The second-order valence-electron chi connectivity index (χ2n) is 6.13. The molecule has 5 N–H and O–H groups in total. The van der Waals surface area contributed by atoms with Crippen molar-refractivity contribution in [1.82, 2.24) is 19.5 Å². The molecule has 0 spiro atoms. The molecule has 0 amide bonds. The fourth-order valence-electron chi connectivity index (χ4n) is 3.06. The Labute approximate surface area is 153 Å². The maximum atomic E-state index is 10.7. The average Bonchev–Trinajstić information content (AvgIpc) is 3.14. The number of aromatic nitrogens is 4. The molecule has 1 unspecified atom stereocenters. The van der Waals surface area contributed by atoms with Crippen molar-refractivity contribution in [3.8, 4) is 0 Å². The molecule has 2 fully saturated rings. The Kier molecular flexibility index (Phi) is 4.82. The fraction of sp³-hybridized carbons (Fsp3) is 0.583. The summed E-state index contributed by atoms with van der Waals surface area (Å²) < 4.78 is 18.3. The van der Waals surface area contributed by atoms with E-state index < -0.39 is 32.4 Å². The second kappa shape index (κ2) is 6.84. The summed E-state index contributed by atoms with van der Waals surface area (Å²) >= 11 is 1.26. The van der Waals surface area contributed by atoms with Crippen molar-refractivity contribution >= 4 is 44.1 Å². The van der Waals surface area contributed by atoms with Gasteiger partial charge in [0, 0.05) is 0 Å². The van der Waals surface area contributed by atoms with Crippen LogP contribution in [0.2, 0.25) is 0 Å². The molecule has 2 saturated heterocycles. The number of nitrogens with two attached hydrogens (primary N) is 1. The summed E-state index contributed by atoms with van der Waals surface area (Å²) in [5, 5.41) is 20.0. The van der Waals surface area contributed by atoms with E-state index >= 15 is 0 Å². The van der Waals surface area contributed by atoms with Crippen LogP contribution in [-0.2, 0) is 13.8 Å². The zero-order chi connectivity index (χ0) is 18.5. The summed E-state index contributed by atoms with van der Waals surface area (Å²) in [4.78, 5) is 22.8. The normalized spacial score (nSPS) is 31.8. The molecule has 4 atom stereocenters. The predicted molar refractivity (Wildman–Crippen MR) is 97.4 cm³/mol. The second-order valence-corrected chi connectivity index (χ2v) is 9.52. The van der Waals surface area contributed by atoms with Crippen molar-refractivity contribution in [2.24, 2.45) is 0 Å². The van der Waals surface area contributed by atoms with E-state index in [1.165, 1.54) is 25.7 Å². The Bertz CT molecular complexity index is 827. The zero-order valence-electron chi connectivity index (χ0n) is 13.8.